The molecule has 1 aliphatic rings. The summed E-state index contributed by atoms with van der Waals surface area (Å²) in [5, 5.41) is 0. The molecule has 0 atom stereocenters. The molecule has 1 saturated heterocycles. The van der Waals surface area contributed by atoms with Crippen LogP contribution in [0.4, 0.5) is 5.69 Å². The van der Waals surface area contributed by atoms with Gasteiger partial charge in [-0.25, -0.2) is 0 Å². The molecule has 4 heteroatoms. The number of hydrogen-bond acceptors (Lipinski definition) is 2. The Labute approximate surface area is 150 Å². The van der Waals surface area contributed by atoms with Crippen LogP contribution >= 0.6 is 12.4 Å². The van der Waals surface area contributed by atoms with Crippen molar-refractivity contribution in [1.82, 2.24) is 4.90 Å². The molecule has 0 saturated carbocycles. The minimum absolute atomic E-state index is 0. The number of nitrogens with zero attached hydrogens (tertiary/aromatic N) is 1. The zero-order valence-corrected chi connectivity index (χ0v) is 14.7. The smallest absolute Gasteiger partial charge is 0.255 e. The molecule has 128 valence electrons. The Kier molecular flexibility index (Phi) is 6.68. The maximum absolute atomic E-state index is 12.6. The van der Waals surface area contributed by atoms with Crippen LogP contribution in [0.25, 0.3) is 0 Å². The van der Waals surface area contributed by atoms with E-state index in [2.05, 4.69) is 30.3 Å². The molecule has 2 aromatic carbocycles. The van der Waals surface area contributed by atoms with Crippen molar-refractivity contribution in [2.24, 2.45) is 5.92 Å². The Hall–Kier alpha value is -2.00. The quantitative estimate of drug-likeness (QED) is 0.846. The number of aryl methyl sites for hydroxylation is 1. The second kappa shape index (κ2) is 8.74. The Bertz CT molecular complexity index is 652. The van der Waals surface area contributed by atoms with Crippen LogP contribution in [0.15, 0.2) is 54.6 Å². The number of nitrogens with two attached hydrogens (primary N) is 1. The standard InChI is InChI=1S/C20H24N2O.ClH/c21-19-9-5-4-8-18(19)20(23)22-14-12-17(13-15-22)11-10-16-6-2-1-3-7-16;/h1-9,17H,10-15,21H2;1H. The highest BCUT2D eigenvalue weighted by Crippen LogP contribution is 2.24. The first-order chi connectivity index (χ1) is 11.2. The summed E-state index contributed by atoms with van der Waals surface area (Å²) in [6, 6.07) is 18.0. The third-order valence-corrected chi connectivity index (χ3v) is 4.78. The molecular weight excluding hydrogens is 320 g/mol. The first-order valence-corrected chi connectivity index (χ1v) is 8.42. The first-order valence-electron chi connectivity index (χ1n) is 8.42. The van der Waals surface area contributed by atoms with E-state index < -0.39 is 0 Å². The number of carbonyl (C=O) groups excluding carboxylic acids is 1. The monoisotopic (exact) mass is 344 g/mol. The van der Waals surface area contributed by atoms with Gasteiger partial charge in [0, 0.05) is 18.8 Å². The minimum atomic E-state index is 0. The van der Waals surface area contributed by atoms with E-state index in [9.17, 15) is 4.79 Å². The van der Waals surface area contributed by atoms with E-state index in [4.69, 9.17) is 5.73 Å². The van der Waals surface area contributed by atoms with Crippen molar-refractivity contribution in [3.8, 4) is 0 Å². The lowest BCUT2D eigenvalue weighted by Crippen LogP contribution is -2.38. The predicted molar refractivity (Wildman–Crippen MR) is 101 cm³/mol. The van der Waals surface area contributed by atoms with Crippen molar-refractivity contribution in [3.63, 3.8) is 0 Å². The number of benzene rings is 2. The molecule has 0 aromatic heterocycles. The average Bonchev–Trinajstić information content (AvgIpc) is 2.61. The number of likely N-dealkylation sites (tertiary alicyclic amines) is 1. The highest BCUT2D eigenvalue weighted by atomic mass is 35.5. The van der Waals surface area contributed by atoms with Crippen LogP contribution in [-0.4, -0.2) is 23.9 Å². The number of nitrogen functional groups attached to an aromatic ring is 1. The normalized spacial score (nSPS) is 14.9. The average molecular weight is 345 g/mol. The second-order valence-corrected chi connectivity index (χ2v) is 6.35. The summed E-state index contributed by atoms with van der Waals surface area (Å²) in [6.07, 6.45) is 4.52. The van der Waals surface area contributed by atoms with E-state index in [0.717, 1.165) is 32.4 Å². The van der Waals surface area contributed by atoms with E-state index in [1.54, 1.807) is 6.07 Å². The molecule has 1 aliphatic heterocycles. The van der Waals surface area contributed by atoms with Crippen molar-refractivity contribution >= 4 is 24.0 Å². The summed E-state index contributed by atoms with van der Waals surface area (Å²) in [6.45, 7) is 1.68. The van der Waals surface area contributed by atoms with Crippen LogP contribution in [0.1, 0.15) is 35.2 Å². The summed E-state index contributed by atoms with van der Waals surface area (Å²) >= 11 is 0. The van der Waals surface area contributed by atoms with E-state index in [0.29, 0.717) is 17.2 Å². The van der Waals surface area contributed by atoms with Gasteiger partial charge in [-0.05, 0) is 49.3 Å². The van der Waals surface area contributed by atoms with E-state index >= 15 is 0 Å². The highest BCUT2D eigenvalue weighted by Gasteiger charge is 2.24. The van der Waals surface area contributed by atoms with Crippen LogP contribution in [0.2, 0.25) is 0 Å². The molecule has 3 nitrogen and oxygen atoms in total. The molecule has 0 spiro atoms. The van der Waals surface area contributed by atoms with Gasteiger partial charge in [0.2, 0.25) is 0 Å². The van der Waals surface area contributed by atoms with Gasteiger partial charge in [0.1, 0.15) is 0 Å². The number of hydrogen-bond donors (Lipinski definition) is 1. The number of amides is 1. The molecule has 0 aliphatic carbocycles. The van der Waals surface area contributed by atoms with E-state index in [-0.39, 0.29) is 18.3 Å². The predicted octanol–water partition coefficient (Wildman–Crippen LogP) is 4.18. The van der Waals surface area contributed by atoms with Crippen LogP contribution in [-0.2, 0) is 6.42 Å². The molecule has 1 fully saturated rings. The van der Waals surface area contributed by atoms with Crippen LogP contribution in [0.5, 0.6) is 0 Å². The lowest BCUT2D eigenvalue weighted by Gasteiger charge is -2.32. The summed E-state index contributed by atoms with van der Waals surface area (Å²) in [5.41, 5.74) is 8.53. The Morgan fingerprint density at radius 1 is 1.00 bits per heavy atom. The fourth-order valence-electron chi connectivity index (χ4n) is 3.30. The molecule has 2 aromatic rings. The Morgan fingerprint density at radius 3 is 2.29 bits per heavy atom. The van der Waals surface area contributed by atoms with Gasteiger partial charge in [0.25, 0.3) is 5.91 Å². The van der Waals surface area contributed by atoms with Crippen LogP contribution in [0, 0.1) is 5.92 Å². The summed E-state index contributed by atoms with van der Waals surface area (Å²) < 4.78 is 0. The van der Waals surface area contributed by atoms with Gasteiger partial charge >= 0.3 is 0 Å². The first kappa shape index (κ1) is 18.3. The molecular formula is C20H25ClN2O. The van der Waals surface area contributed by atoms with Crippen molar-refractivity contribution in [2.45, 2.75) is 25.7 Å². The zero-order valence-electron chi connectivity index (χ0n) is 13.9. The number of carbonyl (C=O) groups is 1. The lowest BCUT2D eigenvalue weighted by atomic mass is 9.90. The van der Waals surface area contributed by atoms with Gasteiger partial charge in [-0.1, -0.05) is 42.5 Å². The van der Waals surface area contributed by atoms with Crippen molar-refractivity contribution in [1.29, 1.82) is 0 Å². The number of para-hydroxylation sites is 1. The fourth-order valence-corrected chi connectivity index (χ4v) is 3.30. The molecule has 0 unspecified atom stereocenters. The second-order valence-electron chi connectivity index (χ2n) is 6.35. The van der Waals surface area contributed by atoms with E-state index in [1.807, 2.05) is 23.1 Å². The lowest BCUT2D eigenvalue weighted by molar-refractivity contribution is 0.0688. The molecule has 0 radical (unpaired) electrons. The Balaban J connectivity index is 0.00000208. The van der Waals surface area contributed by atoms with Gasteiger partial charge in [0.15, 0.2) is 0 Å². The number of halogens is 1. The third-order valence-electron chi connectivity index (χ3n) is 4.78. The largest absolute Gasteiger partial charge is 0.398 e. The number of rotatable bonds is 4. The molecule has 24 heavy (non-hydrogen) atoms. The van der Waals surface area contributed by atoms with Crippen molar-refractivity contribution < 1.29 is 4.79 Å². The third kappa shape index (κ3) is 4.51. The SMILES string of the molecule is Cl.Nc1ccccc1C(=O)N1CCC(CCc2ccccc2)CC1. The van der Waals surface area contributed by atoms with Crippen molar-refractivity contribution in [2.75, 3.05) is 18.8 Å². The molecule has 1 heterocycles. The summed E-state index contributed by atoms with van der Waals surface area (Å²) in [4.78, 5) is 14.5. The molecule has 2 N–H and O–H groups in total. The zero-order chi connectivity index (χ0) is 16.1. The number of piperidine rings is 1. The molecule has 3 rings (SSSR count). The molecule has 0 bridgehead atoms. The van der Waals surface area contributed by atoms with Gasteiger partial charge < -0.3 is 10.6 Å². The van der Waals surface area contributed by atoms with Crippen molar-refractivity contribution in [3.05, 3.63) is 65.7 Å². The van der Waals surface area contributed by atoms with Gasteiger partial charge in [0.05, 0.1) is 5.56 Å². The topological polar surface area (TPSA) is 46.3 Å². The maximum atomic E-state index is 12.6. The summed E-state index contributed by atoms with van der Waals surface area (Å²) in [7, 11) is 0. The number of anilines is 1. The maximum Gasteiger partial charge on any atom is 0.255 e. The van der Waals surface area contributed by atoms with Gasteiger partial charge in [-0.3, -0.25) is 4.79 Å². The highest BCUT2D eigenvalue weighted by molar-refractivity contribution is 5.99. The fraction of sp³-hybridized carbons (Fsp3) is 0.350. The summed E-state index contributed by atoms with van der Waals surface area (Å²) in [5.74, 6) is 0.789. The molecule has 1 amide bonds. The Morgan fingerprint density at radius 2 is 1.62 bits per heavy atom. The van der Waals surface area contributed by atoms with Crippen LogP contribution in [0.3, 0.4) is 0 Å². The van der Waals surface area contributed by atoms with E-state index in [1.165, 1.54) is 12.0 Å². The minimum Gasteiger partial charge on any atom is -0.398 e. The van der Waals surface area contributed by atoms with Crippen LogP contribution < -0.4 is 5.73 Å². The van der Waals surface area contributed by atoms with Gasteiger partial charge in [-0.2, -0.15) is 0 Å². The van der Waals surface area contributed by atoms with Gasteiger partial charge in [-0.15, -0.1) is 12.4 Å².